The van der Waals surface area contributed by atoms with Gasteiger partial charge in [0.1, 0.15) is 44.0 Å². The molecule has 3 aromatic rings. The largest absolute Gasteiger partial charge is 0.489 e. The summed E-state index contributed by atoms with van der Waals surface area (Å²) in [6, 6.07) is 14.9. The standard InChI is InChI=1S/C28H28N2O6/c1-5-7-21(6-2)25(30-33-4)18-35-23-12-8-20(9-13-23)17-34-24-14-10-22(11-15-24)28-19(3)29-36-26(28)16-27(31)32/h5-15H,1-2,16-18H2,3-4H3,(H,31,32)/b21-7+,30-25+. The van der Waals surface area contributed by atoms with Gasteiger partial charge in [-0.3, -0.25) is 4.79 Å². The van der Waals surface area contributed by atoms with E-state index in [1.807, 2.05) is 48.5 Å². The number of aliphatic carboxylic acids is 1. The van der Waals surface area contributed by atoms with E-state index in [1.54, 1.807) is 25.2 Å². The summed E-state index contributed by atoms with van der Waals surface area (Å²) in [5.41, 5.74) is 4.48. The molecule has 0 amide bonds. The van der Waals surface area contributed by atoms with Crippen LogP contribution in [-0.2, 0) is 22.7 Å². The quantitative estimate of drug-likeness (QED) is 0.191. The number of hydrogen-bond acceptors (Lipinski definition) is 7. The zero-order chi connectivity index (χ0) is 25.9. The van der Waals surface area contributed by atoms with Crippen LogP contribution < -0.4 is 9.47 Å². The number of oxime groups is 1. The second kappa shape index (κ2) is 12.8. The van der Waals surface area contributed by atoms with Crippen LogP contribution in [0.2, 0.25) is 0 Å². The number of aromatic nitrogens is 1. The van der Waals surface area contributed by atoms with Crippen molar-refractivity contribution >= 4 is 11.7 Å². The van der Waals surface area contributed by atoms with Gasteiger partial charge in [0.05, 0.1) is 5.69 Å². The highest BCUT2D eigenvalue weighted by Gasteiger charge is 2.17. The molecule has 0 saturated carbocycles. The Labute approximate surface area is 209 Å². The predicted octanol–water partition coefficient (Wildman–Crippen LogP) is 5.54. The van der Waals surface area contributed by atoms with Crippen molar-refractivity contribution in [2.45, 2.75) is 20.0 Å². The molecule has 186 valence electrons. The summed E-state index contributed by atoms with van der Waals surface area (Å²) >= 11 is 0. The van der Waals surface area contributed by atoms with Gasteiger partial charge >= 0.3 is 5.97 Å². The minimum atomic E-state index is -0.974. The molecule has 0 aliphatic heterocycles. The Morgan fingerprint density at radius 1 is 1.08 bits per heavy atom. The third-order valence-electron chi connectivity index (χ3n) is 5.14. The smallest absolute Gasteiger partial charge is 0.311 e. The summed E-state index contributed by atoms with van der Waals surface area (Å²) in [5.74, 6) is 0.710. The van der Waals surface area contributed by atoms with Crippen LogP contribution in [0.25, 0.3) is 11.1 Å². The van der Waals surface area contributed by atoms with Crippen molar-refractivity contribution in [3.63, 3.8) is 0 Å². The first kappa shape index (κ1) is 26.0. The summed E-state index contributed by atoms with van der Waals surface area (Å²) in [4.78, 5) is 16.0. The van der Waals surface area contributed by atoms with Crippen molar-refractivity contribution in [1.29, 1.82) is 0 Å². The molecule has 0 unspecified atom stereocenters. The lowest BCUT2D eigenvalue weighted by molar-refractivity contribution is -0.136. The van der Waals surface area contributed by atoms with Gasteiger partial charge in [0.25, 0.3) is 0 Å². The van der Waals surface area contributed by atoms with Crippen LogP contribution in [-0.4, -0.2) is 35.7 Å². The number of hydrogen-bond donors (Lipinski definition) is 1. The number of rotatable bonds is 13. The number of carbonyl (C=O) groups is 1. The van der Waals surface area contributed by atoms with Crippen molar-refractivity contribution in [3.8, 4) is 22.6 Å². The van der Waals surface area contributed by atoms with Gasteiger partial charge in [-0.05, 0) is 42.3 Å². The molecular formula is C28H28N2O6. The van der Waals surface area contributed by atoms with Crippen LogP contribution in [0, 0.1) is 6.92 Å². The Kier molecular flexibility index (Phi) is 9.22. The summed E-state index contributed by atoms with van der Waals surface area (Å²) in [6.45, 7) is 9.83. The second-order valence-electron chi connectivity index (χ2n) is 7.66. The van der Waals surface area contributed by atoms with Gasteiger partial charge < -0.3 is 23.9 Å². The van der Waals surface area contributed by atoms with Crippen LogP contribution in [0.4, 0.5) is 0 Å². The van der Waals surface area contributed by atoms with E-state index in [2.05, 4.69) is 23.5 Å². The molecule has 0 bridgehead atoms. The average molecular weight is 489 g/mol. The van der Waals surface area contributed by atoms with Crippen molar-refractivity contribution in [2.24, 2.45) is 5.16 Å². The highest BCUT2D eigenvalue weighted by molar-refractivity contribution is 6.03. The minimum Gasteiger partial charge on any atom is -0.489 e. The summed E-state index contributed by atoms with van der Waals surface area (Å²) in [7, 11) is 1.48. The number of ether oxygens (including phenoxy) is 2. The molecule has 1 aromatic heterocycles. The monoisotopic (exact) mass is 488 g/mol. The summed E-state index contributed by atoms with van der Waals surface area (Å²) < 4.78 is 16.9. The molecule has 0 spiro atoms. The minimum absolute atomic E-state index is 0.210. The van der Waals surface area contributed by atoms with E-state index in [-0.39, 0.29) is 13.0 Å². The van der Waals surface area contributed by atoms with E-state index in [0.717, 1.165) is 16.7 Å². The molecule has 0 aliphatic rings. The number of carboxylic acid groups (broad SMARTS) is 1. The number of carboxylic acids is 1. The molecule has 2 aromatic carbocycles. The van der Waals surface area contributed by atoms with E-state index in [4.69, 9.17) is 23.9 Å². The van der Waals surface area contributed by atoms with Gasteiger partial charge in [0.2, 0.25) is 0 Å². The Morgan fingerprint density at radius 2 is 1.75 bits per heavy atom. The fraction of sp³-hybridized carbons (Fsp3) is 0.179. The third kappa shape index (κ3) is 6.96. The van der Waals surface area contributed by atoms with Crippen molar-refractivity contribution < 1.29 is 28.7 Å². The number of benzene rings is 2. The predicted molar refractivity (Wildman–Crippen MR) is 137 cm³/mol. The molecule has 0 radical (unpaired) electrons. The molecule has 0 fully saturated rings. The van der Waals surface area contributed by atoms with Crippen LogP contribution in [0.5, 0.6) is 11.5 Å². The average Bonchev–Trinajstić information content (AvgIpc) is 3.24. The first-order valence-corrected chi connectivity index (χ1v) is 11.1. The lowest BCUT2D eigenvalue weighted by atomic mass is 10.0. The number of aryl methyl sites for hydroxylation is 1. The van der Waals surface area contributed by atoms with Crippen molar-refractivity contribution in [2.75, 3.05) is 13.7 Å². The van der Waals surface area contributed by atoms with E-state index >= 15 is 0 Å². The number of allylic oxidation sites excluding steroid dienone is 3. The maximum absolute atomic E-state index is 11.1. The molecule has 36 heavy (non-hydrogen) atoms. The molecule has 8 nitrogen and oxygen atoms in total. The van der Waals surface area contributed by atoms with Gasteiger partial charge in [-0.2, -0.15) is 0 Å². The van der Waals surface area contributed by atoms with Gasteiger partial charge in [-0.15, -0.1) is 0 Å². The first-order valence-electron chi connectivity index (χ1n) is 11.1. The lowest BCUT2D eigenvalue weighted by Crippen LogP contribution is -2.14. The molecule has 0 aliphatic carbocycles. The van der Waals surface area contributed by atoms with Gasteiger partial charge in [0, 0.05) is 11.1 Å². The second-order valence-corrected chi connectivity index (χ2v) is 7.66. The Hall–Kier alpha value is -4.59. The Balaban J connectivity index is 1.58. The van der Waals surface area contributed by atoms with E-state index in [0.29, 0.717) is 40.8 Å². The van der Waals surface area contributed by atoms with Crippen LogP contribution >= 0.6 is 0 Å². The zero-order valence-corrected chi connectivity index (χ0v) is 20.3. The maximum Gasteiger partial charge on any atom is 0.311 e. The normalized spacial score (nSPS) is 11.6. The SMILES string of the molecule is C=C/C=C(C=C)/C(COc1ccc(COc2ccc(-c3c(C)noc3CC(=O)O)cc2)cc1)=N/OC. The van der Waals surface area contributed by atoms with Crippen LogP contribution in [0.3, 0.4) is 0 Å². The van der Waals surface area contributed by atoms with Crippen molar-refractivity contribution in [3.05, 3.63) is 103 Å². The topological polar surface area (TPSA) is 103 Å². The molecule has 8 heteroatoms. The Bertz CT molecular complexity index is 1250. The molecule has 0 atom stereocenters. The fourth-order valence-electron chi connectivity index (χ4n) is 3.44. The van der Waals surface area contributed by atoms with Crippen LogP contribution in [0.1, 0.15) is 17.0 Å². The van der Waals surface area contributed by atoms with E-state index in [1.165, 1.54) is 7.11 Å². The third-order valence-corrected chi connectivity index (χ3v) is 5.14. The molecule has 1 N–H and O–H groups in total. The summed E-state index contributed by atoms with van der Waals surface area (Å²) in [6.07, 6.45) is 4.87. The Morgan fingerprint density at radius 3 is 2.36 bits per heavy atom. The molecular weight excluding hydrogens is 460 g/mol. The maximum atomic E-state index is 11.1. The molecule has 0 saturated heterocycles. The highest BCUT2D eigenvalue weighted by Crippen LogP contribution is 2.29. The first-order chi connectivity index (χ1) is 17.4. The van der Waals surface area contributed by atoms with E-state index < -0.39 is 5.97 Å². The fourth-order valence-corrected chi connectivity index (χ4v) is 3.44. The van der Waals surface area contributed by atoms with Gasteiger partial charge in [-0.25, -0.2) is 0 Å². The van der Waals surface area contributed by atoms with Gasteiger partial charge in [-0.1, -0.05) is 66.0 Å². The van der Waals surface area contributed by atoms with Gasteiger partial charge in [0.15, 0.2) is 5.76 Å². The van der Waals surface area contributed by atoms with Crippen LogP contribution in [0.15, 0.2) is 95.2 Å². The zero-order valence-electron chi connectivity index (χ0n) is 20.3. The summed E-state index contributed by atoms with van der Waals surface area (Å²) in [5, 5.41) is 17.0. The van der Waals surface area contributed by atoms with Crippen molar-refractivity contribution in [1.82, 2.24) is 5.16 Å². The lowest BCUT2D eigenvalue weighted by Gasteiger charge is -2.11. The highest BCUT2D eigenvalue weighted by atomic mass is 16.6. The van der Waals surface area contributed by atoms with E-state index in [9.17, 15) is 4.79 Å². The molecule has 1 heterocycles. The molecule has 3 rings (SSSR count). The number of nitrogens with zero attached hydrogens (tertiary/aromatic N) is 2.